The van der Waals surface area contributed by atoms with Crippen molar-refractivity contribution in [2.75, 3.05) is 27.3 Å². The molecule has 0 radical (unpaired) electrons. The van der Waals surface area contributed by atoms with Gasteiger partial charge in [-0.2, -0.15) is 0 Å². The summed E-state index contributed by atoms with van der Waals surface area (Å²) < 4.78 is 4.92. The van der Waals surface area contributed by atoms with E-state index in [2.05, 4.69) is 0 Å². The van der Waals surface area contributed by atoms with Gasteiger partial charge in [0.05, 0.1) is 6.61 Å². The van der Waals surface area contributed by atoms with E-state index < -0.39 is 0 Å². The van der Waals surface area contributed by atoms with Gasteiger partial charge in [-0.1, -0.05) is 6.42 Å². The Morgan fingerprint density at radius 2 is 2.29 bits per heavy atom. The Bertz CT molecular complexity index is 193. The van der Waals surface area contributed by atoms with Gasteiger partial charge in [0.25, 0.3) is 0 Å². The number of amides is 1. The van der Waals surface area contributed by atoms with Crippen LogP contribution in [0.15, 0.2) is 0 Å². The number of carbonyl (C=O) groups is 1. The van der Waals surface area contributed by atoms with Crippen LogP contribution in [0.4, 0.5) is 0 Å². The van der Waals surface area contributed by atoms with Crippen molar-refractivity contribution in [2.45, 2.75) is 25.3 Å². The van der Waals surface area contributed by atoms with Crippen LogP contribution in [0.3, 0.4) is 0 Å². The molecule has 0 aromatic rings. The smallest absolute Gasteiger partial charge is 0.225 e. The molecule has 1 fully saturated rings. The average Bonchev–Trinajstić information content (AvgIpc) is 2.01. The molecular formula is C10H20N2O2. The molecule has 0 heterocycles. The lowest BCUT2D eigenvalue weighted by Gasteiger charge is -2.30. The molecule has 0 bridgehead atoms. The minimum absolute atomic E-state index is 0.0750. The van der Waals surface area contributed by atoms with E-state index in [4.69, 9.17) is 10.5 Å². The van der Waals surface area contributed by atoms with Crippen molar-refractivity contribution in [3.63, 3.8) is 0 Å². The predicted molar refractivity (Wildman–Crippen MR) is 54.8 cm³/mol. The van der Waals surface area contributed by atoms with Crippen LogP contribution in [0.1, 0.15) is 19.3 Å². The summed E-state index contributed by atoms with van der Waals surface area (Å²) >= 11 is 0. The average molecular weight is 200 g/mol. The summed E-state index contributed by atoms with van der Waals surface area (Å²) in [5, 5.41) is 0. The molecule has 4 nitrogen and oxygen atoms in total. The van der Waals surface area contributed by atoms with Crippen LogP contribution < -0.4 is 5.73 Å². The molecule has 2 N–H and O–H groups in total. The Morgan fingerprint density at radius 3 is 2.71 bits per heavy atom. The monoisotopic (exact) mass is 200 g/mol. The third kappa shape index (κ3) is 2.96. The van der Waals surface area contributed by atoms with Crippen molar-refractivity contribution in [3.8, 4) is 0 Å². The topological polar surface area (TPSA) is 55.6 Å². The van der Waals surface area contributed by atoms with Gasteiger partial charge in [-0.05, 0) is 12.8 Å². The minimum atomic E-state index is -0.0750. The molecule has 0 spiro atoms. The molecule has 14 heavy (non-hydrogen) atoms. The summed E-state index contributed by atoms with van der Waals surface area (Å²) in [5.41, 5.74) is 5.76. The van der Waals surface area contributed by atoms with Crippen LogP contribution in [-0.2, 0) is 9.53 Å². The Labute approximate surface area is 85.4 Å². The fourth-order valence-electron chi connectivity index (χ4n) is 1.68. The molecular weight excluding hydrogens is 180 g/mol. The highest BCUT2D eigenvalue weighted by Crippen LogP contribution is 2.27. The van der Waals surface area contributed by atoms with E-state index in [9.17, 15) is 4.79 Å². The quantitative estimate of drug-likeness (QED) is 0.690. The van der Waals surface area contributed by atoms with Crippen molar-refractivity contribution in [1.29, 1.82) is 0 Å². The van der Waals surface area contributed by atoms with E-state index in [0.717, 1.165) is 12.8 Å². The predicted octanol–water partition coefficient (Wildman–Crippen LogP) is 0.219. The third-order valence-electron chi connectivity index (χ3n) is 2.72. The van der Waals surface area contributed by atoms with Gasteiger partial charge in [0.1, 0.15) is 0 Å². The van der Waals surface area contributed by atoms with E-state index in [1.807, 2.05) is 7.05 Å². The van der Waals surface area contributed by atoms with Crippen LogP contribution in [-0.4, -0.2) is 44.2 Å². The number of ether oxygens (including phenoxy) is 1. The van der Waals surface area contributed by atoms with Crippen LogP contribution >= 0.6 is 0 Å². The molecule has 0 saturated heterocycles. The van der Waals surface area contributed by atoms with Crippen molar-refractivity contribution in [2.24, 2.45) is 11.7 Å². The van der Waals surface area contributed by atoms with Gasteiger partial charge in [0.15, 0.2) is 0 Å². The van der Waals surface area contributed by atoms with E-state index in [0.29, 0.717) is 13.2 Å². The van der Waals surface area contributed by atoms with Crippen molar-refractivity contribution in [1.82, 2.24) is 4.90 Å². The van der Waals surface area contributed by atoms with Gasteiger partial charge in [0.2, 0.25) is 5.91 Å². The zero-order valence-electron chi connectivity index (χ0n) is 9.03. The number of rotatable bonds is 5. The maximum Gasteiger partial charge on any atom is 0.225 e. The molecule has 4 heteroatoms. The maximum absolute atomic E-state index is 11.7. The van der Waals surface area contributed by atoms with Gasteiger partial charge in [0, 0.05) is 32.7 Å². The van der Waals surface area contributed by atoms with Crippen molar-refractivity contribution >= 4 is 5.91 Å². The molecule has 1 atom stereocenters. The number of methoxy groups -OCH3 is 1. The summed E-state index contributed by atoms with van der Waals surface area (Å²) in [6, 6.07) is -0.0750. The van der Waals surface area contributed by atoms with Crippen molar-refractivity contribution in [3.05, 3.63) is 0 Å². The second-order valence-electron chi connectivity index (χ2n) is 4.06. The van der Waals surface area contributed by atoms with Gasteiger partial charge in [-0.15, -0.1) is 0 Å². The number of likely N-dealkylation sites (N-methyl/N-ethyl adjacent to an activating group) is 1. The Hall–Kier alpha value is -0.610. The summed E-state index contributed by atoms with van der Waals surface area (Å²) in [7, 11) is 3.43. The van der Waals surface area contributed by atoms with Crippen LogP contribution in [0.25, 0.3) is 0 Å². The number of hydrogen-bond acceptors (Lipinski definition) is 3. The molecule has 1 rings (SSSR count). The summed E-state index contributed by atoms with van der Waals surface area (Å²) in [5.74, 6) is 0.498. The Kier molecular flexibility index (Phi) is 4.35. The van der Waals surface area contributed by atoms with Gasteiger partial charge in [-0.25, -0.2) is 0 Å². The second kappa shape index (κ2) is 5.32. The first kappa shape index (κ1) is 11.5. The molecule has 1 amide bonds. The van der Waals surface area contributed by atoms with Crippen LogP contribution in [0, 0.1) is 5.92 Å². The molecule has 0 aromatic carbocycles. The maximum atomic E-state index is 11.7. The molecule has 1 saturated carbocycles. The molecule has 0 aliphatic heterocycles. The highest BCUT2D eigenvalue weighted by Gasteiger charge is 2.28. The normalized spacial score (nSPS) is 18.8. The fourth-order valence-corrected chi connectivity index (χ4v) is 1.68. The minimum Gasteiger partial charge on any atom is -0.383 e. The molecule has 0 aromatic heterocycles. The van der Waals surface area contributed by atoms with Gasteiger partial charge < -0.3 is 15.4 Å². The highest BCUT2D eigenvalue weighted by atomic mass is 16.5. The largest absolute Gasteiger partial charge is 0.383 e. The second-order valence-corrected chi connectivity index (χ2v) is 4.06. The summed E-state index contributed by atoms with van der Waals surface area (Å²) in [6.07, 6.45) is 3.28. The Morgan fingerprint density at radius 1 is 1.64 bits per heavy atom. The highest BCUT2D eigenvalue weighted by molar-refractivity contribution is 5.79. The third-order valence-corrected chi connectivity index (χ3v) is 2.72. The first-order chi connectivity index (χ1) is 6.65. The molecule has 1 aliphatic carbocycles. The first-order valence-corrected chi connectivity index (χ1v) is 5.14. The summed E-state index contributed by atoms with van der Waals surface area (Å²) in [4.78, 5) is 13.4. The zero-order valence-corrected chi connectivity index (χ0v) is 9.03. The fraction of sp³-hybridized carbons (Fsp3) is 0.900. The number of hydrogen-bond donors (Lipinski definition) is 1. The van der Waals surface area contributed by atoms with E-state index in [1.165, 1.54) is 6.42 Å². The van der Waals surface area contributed by atoms with E-state index >= 15 is 0 Å². The van der Waals surface area contributed by atoms with E-state index in [-0.39, 0.29) is 17.9 Å². The lowest BCUT2D eigenvalue weighted by molar-refractivity contribution is -0.137. The standard InChI is InChI=1S/C10H20N2O2/c1-12(6-9(11)7-14-2)10(13)8-4-3-5-8/h8-9H,3-7,11H2,1-2H3. The SMILES string of the molecule is COCC(N)CN(C)C(=O)C1CCC1. The summed E-state index contributed by atoms with van der Waals surface area (Å²) in [6.45, 7) is 1.09. The molecule has 82 valence electrons. The van der Waals surface area contributed by atoms with Gasteiger partial charge in [-0.3, -0.25) is 4.79 Å². The Balaban J connectivity index is 2.25. The van der Waals surface area contributed by atoms with Crippen LogP contribution in [0.5, 0.6) is 0 Å². The van der Waals surface area contributed by atoms with E-state index in [1.54, 1.807) is 12.0 Å². The zero-order chi connectivity index (χ0) is 10.6. The number of carbonyl (C=O) groups excluding carboxylic acids is 1. The molecule has 1 unspecified atom stereocenters. The number of nitrogens with zero attached hydrogens (tertiary/aromatic N) is 1. The number of nitrogens with two attached hydrogens (primary N) is 1. The van der Waals surface area contributed by atoms with Gasteiger partial charge >= 0.3 is 0 Å². The lowest BCUT2D eigenvalue weighted by Crippen LogP contribution is -2.44. The lowest BCUT2D eigenvalue weighted by atomic mass is 9.84. The van der Waals surface area contributed by atoms with Crippen LogP contribution in [0.2, 0.25) is 0 Å². The van der Waals surface area contributed by atoms with Crippen molar-refractivity contribution < 1.29 is 9.53 Å². The molecule has 1 aliphatic rings. The first-order valence-electron chi connectivity index (χ1n) is 5.14.